The van der Waals surface area contributed by atoms with Crippen LogP contribution in [0.4, 0.5) is 4.79 Å². The second-order valence-electron chi connectivity index (χ2n) is 15.7. The van der Waals surface area contributed by atoms with Crippen LogP contribution in [0.25, 0.3) is 21.9 Å². The third kappa shape index (κ3) is 9.48. The van der Waals surface area contributed by atoms with Crippen LogP contribution >= 0.6 is 0 Å². The minimum atomic E-state index is -0.988. The van der Waals surface area contributed by atoms with Gasteiger partial charge in [-0.15, -0.1) is 0 Å². The number of rotatable bonds is 13. The van der Waals surface area contributed by atoms with E-state index in [9.17, 15) is 19.5 Å². The molecular weight excluding hydrogens is 755 g/mol. The van der Waals surface area contributed by atoms with E-state index in [4.69, 9.17) is 14.2 Å². The summed E-state index contributed by atoms with van der Waals surface area (Å²) in [7, 11) is 2.13. The number of carbonyl (C=O) groups is 3. The van der Waals surface area contributed by atoms with Gasteiger partial charge in [0.1, 0.15) is 12.6 Å². The van der Waals surface area contributed by atoms with Crippen LogP contribution in [-0.2, 0) is 43.6 Å². The van der Waals surface area contributed by atoms with Gasteiger partial charge in [0.2, 0.25) is 5.91 Å². The maximum Gasteiger partial charge on any atom is 0.408 e. The van der Waals surface area contributed by atoms with E-state index in [1.807, 2.05) is 97.1 Å². The lowest BCUT2D eigenvalue weighted by molar-refractivity contribution is -0.253. The fraction of sp³-hybridized carbons (Fsp3) is 0.260. The molecule has 2 N–H and O–H groups in total. The van der Waals surface area contributed by atoms with E-state index < -0.39 is 24.3 Å². The topological polar surface area (TPSA) is 118 Å². The van der Waals surface area contributed by atoms with Crippen LogP contribution < -0.4 is 5.32 Å². The molecule has 60 heavy (non-hydrogen) atoms. The van der Waals surface area contributed by atoms with Crippen LogP contribution in [0.3, 0.4) is 0 Å². The summed E-state index contributed by atoms with van der Waals surface area (Å²) in [6, 6.07) is 47.1. The van der Waals surface area contributed by atoms with Crippen molar-refractivity contribution in [2.45, 2.75) is 70.1 Å². The Balaban J connectivity index is 0.962. The monoisotopic (exact) mass is 803 g/mol. The van der Waals surface area contributed by atoms with Gasteiger partial charge < -0.3 is 24.6 Å². The quantitative estimate of drug-likeness (QED) is 0.111. The molecule has 0 spiro atoms. The Labute approximate surface area is 350 Å². The molecule has 2 aliphatic heterocycles. The fourth-order valence-electron chi connectivity index (χ4n) is 8.00. The third-order valence-electron chi connectivity index (χ3n) is 11.5. The van der Waals surface area contributed by atoms with E-state index in [0.717, 1.165) is 38.9 Å². The zero-order chi connectivity index (χ0) is 41.6. The number of carbonyl (C=O) groups excluding carboxylic acids is 3. The average Bonchev–Trinajstić information content (AvgIpc) is 3.55. The highest BCUT2D eigenvalue weighted by Gasteiger charge is 2.40. The first-order chi connectivity index (χ1) is 29.2. The van der Waals surface area contributed by atoms with E-state index in [1.54, 1.807) is 0 Å². The van der Waals surface area contributed by atoms with Gasteiger partial charge in [0.15, 0.2) is 6.29 Å². The Morgan fingerprint density at radius 3 is 2.28 bits per heavy atom. The lowest BCUT2D eigenvalue weighted by atomic mass is 9.97. The Morgan fingerprint density at radius 2 is 1.50 bits per heavy atom. The van der Waals surface area contributed by atoms with E-state index in [2.05, 4.69) is 72.7 Å². The molecule has 0 aliphatic carbocycles. The molecule has 0 aromatic heterocycles. The van der Waals surface area contributed by atoms with Crippen molar-refractivity contribution >= 4 is 28.7 Å². The Bertz CT molecular complexity index is 2460. The van der Waals surface area contributed by atoms with Gasteiger partial charge in [0, 0.05) is 24.6 Å². The molecular formula is C50H49N3O7. The normalized spacial score (nSPS) is 19.8. The first-order valence-electron chi connectivity index (χ1n) is 20.4. The Kier molecular flexibility index (Phi) is 12.4. The van der Waals surface area contributed by atoms with Crippen molar-refractivity contribution in [3.05, 3.63) is 179 Å². The number of alkyl carbamates (subject to hydrolysis) is 1. The minimum absolute atomic E-state index is 0.0278. The van der Waals surface area contributed by atoms with Gasteiger partial charge in [0.25, 0.3) is 5.91 Å². The highest BCUT2D eigenvalue weighted by Crippen LogP contribution is 2.40. The van der Waals surface area contributed by atoms with Crippen molar-refractivity contribution in [1.82, 2.24) is 15.1 Å². The molecule has 6 aromatic rings. The van der Waals surface area contributed by atoms with Crippen LogP contribution in [0, 0.1) is 0 Å². The maximum atomic E-state index is 13.3. The third-order valence-corrected chi connectivity index (χ3v) is 11.5. The van der Waals surface area contributed by atoms with Crippen LogP contribution in [0.1, 0.15) is 71.6 Å². The van der Waals surface area contributed by atoms with Gasteiger partial charge in [-0.25, -0.2) is 4.79 Å². The predicted octanol–water partition coefficient (Wildman–Crippen LogP) is 8.79. The molecule has 8 rings (SSSR count). The van der Waals surface area contributed by atoms with Crippen LogP contribution in [-0.4, -0.2) is 58.6 Å². The summed E-state index contributed by atoms with van der Waals surface area (Å²) in [6.45, 7) is 3.00. The predicted molar refractivity (Wildman–Crippen MR) is 229 cm³/mol. The summed E-state index contributed by atoms with van der Waals surface area (Å²) in [6.07, 6.45) is -1.26. The molecule has 2 fully saturated rings. The van der Waals surface area contributed by atoms with Gasteiger partial charge >= 0.3 is 6.09 Å². The van der Waals surface area contributed by atoms with Gasteiger partial charge in [-0.3, -0.25) is 19.4 Å². The molecule has 306 valence electrons. The van der Waals surface area contributed by atoms with Gasteiger partial charge in [-0.05, 0) is 81.9 Å². The van der Waals surface area contributed by atoms with Gasteiger partial charge in [-0.2, -0.15) is 0 Å². The SMILES string of the molecule is CC(c1ccc2ccccc2c1)N(C)CC1CC(c2ccc(CO)cc2)OC(c2cccc(-c3cccc(CN4C(=O)CC(NC(=O)OCc5ccccc5)C4=O)c3)c2)O1. The number of aliphatic hydroxyl groups is 1. The van der Waals surface area contributed by atoms with Crippen LogP contribution in [0.5, 0.6) is 0 Å². The minimum Gasteiger partial charge on any atom is -0.445 e. The zero-order valence-corrected chi connectivity index (χ0v) is 33.8. The molecule has 0 saturated carbocycles. The lowest BCUT2D eigenvalue weighted by Gasteiger charge is -2.39. The number of ether oxygens (including phenoxy) is 3. The first-order valence-corrected chi connectivity index (χ1v) is 20.4. The number of nitrogens with one attached hydrogen (secondary N) is 1. The standard InChI is InChI=1S/C50H49N3O7/c1-33(39-23-22-37-13-6-7-14-41(37)25-39)52(2)30-44-27-46(38-20-18-34(31-54)19-21-38)60-49(59-44)43-17-9-16-42(26-43)40-15-8-12-36(24-40)29-53-47(55)28-45(48(53)56)51-50(57)58-32-35-10-4-3-5-11-35/h3-26,33,44-46,49,54H,27-32H2,1-2H3,(H,51,57). The number of hydrogen-bond donors (Lipinski definition) is 2. The number of benzene rings is 6. The van der Waals surface area contributed by atoms with E-state index in [-0.39, 0.29) is 50.3 Å². The first kappa shape index (κ1) is 40.6. The van der Waals surface area contributed by atoms with Crippen molar-refractivity contribution in [3.63, 3.8) is 0 Å². The smallest absolute Gasteiger partial charge is 0.408 e. The number of likely N-dealkylation sites (N-methyl/N-ethyl adjacent to an activating group) is 1. The van der Waals surface area contributed by atoms with Crippen LogP contribution in [0.15, 0.2) is 146 Å². The highest BCUT2D eigenvalue weighted by molar-refractivity contribution is 6.06. The number of likely N-dealkylation sites (tertiary alicyclic amines) is 1. The van der Waals surface area contributed by atoms with Crippen molar-refractivity contribution in [2.75, 3.05) is 13.6 Å². The second-order valence-corrected chi connectivity index (χ2v) is 15.7. The summed E-state index contributed by atoms with van der Waals surface area (Å²) >= 11 is 0. The molecule has 10 heteroatoms. The number of hydrogen-bond acceptors (Lipinski definition) is 8. The average molecular weight is 804 g/mol. The Morgan fingerprint density at radius 1 is 0.783 bits per heavy atom. The number of aliphatic hydroxyl groups excluding tert-OH is 1. The van der Waals surface area contributed by atoms with Crippen LogP contribution in [0.2, 0.25) is 0 Å². The summed E-state index contributed by atoms with van der Waals surface area (Å²) in [5.74, 6) is -0.831. The molecule has 2 heterocycles. The number of imide groups is 1. The molecule has 6 aromatic carbocycles. The number of fused-ring (bicyclic) bond motifs is 1. The fourth-order valence-corrected chi connectivity index (χ4v) is 8.00. The molecule has 2 saturated heterocycles. The molecule has 5 atom stereocenters. The summed E-state index contributed by atoms with van der Waals surface area (Å²) in [5.41, 5.74) is 7.38. The summed E-state index contributed by atoms with van der Waals surface area (Å²) in [4.78, 5) is 42.3. The Hall–Kier alpha value is -6.17. The number of nitrogens with zero attached hydrogens (tertiary/aromatic N) is 2. The van der Waals surface area contributed by atoms with E-state index >= 15 is 0 Å². The van der Waals surface area contributed by atoms with Crippen molar-refractivity contribution in [2.24, 2.45) is 0 Å². The highest BCUT2D eigenvalue weighted by atomic mass is 16.7. The molecule has 5 unspecified atom stereocenters. The lowest BCUT2D eigenvalue weighted by Crippen LogP contribution is -2.41. The molecule has 0 radical (unpaired) electrons. The van der Waals surface area contributed by atoms with Gasteiger partial charge in [0.05, 0.1) is 31.8 Å². The van der Waals surface area contributed by atoms with E-state index in [1.165, 1.54) is 21.2 Å². The van der Waals surface area contributed by atoms with Gasteiger partial charge in [-0.1, -0.05) is 127 Å². The molecule has 2 aliphatic rings. The van der Waals surface area contributed by atoms with E-state index in [0.29, 0.717) is 13.0 Å². The molecule has 3 amide bonds. The van der Waals surface area contributed by atoms with Crippen molar-refractivity contribution in [1.29, 1.82) is 0 Å². The van der Waals surface area contributed by atoms with Crippen molar-refractivity contribution in [3.8, 4) is 11.1 Å². The number of amides is 3. The molecule has 0 bridgehead atoms. The summed E-state index contributed by atoms with van der Waals surface area (Å²) < 4.78 is 18.8. The summed E-state index contributed by atoms with van der Waals surface area (Å²) in [5, 5.41) is 14.7. The van der Waals surface area contributed by atoms with Crippen molar-refractivity contribution < 1.29 is 33.7 Å². The zero-order valence-electron chi connectivity index (χ0n) is 33.8. The maximum absolute atomic E-state index is 13.3. The molecule has 10 nitrogen and oxygen atoms in total. The second kappa shape index (κ2) is 18.4. The largest absolute Gasteiger partial charge is 0.445 e.